The van der Waals surface area contributed by atoms with Gasteiger partial charge in [-0.25, -0.2) is 0 Å². The zero-order valence-corrected chi connectivity index (χ0v) is 9.89. The summed E-state index contributed by atoms with van der Waals surface area (Å²) in [7, 11) is 2.11. The first-order valence-corrected chi connectivity index (χ1v) is 5.92. The number of rotatable bonds is 5. The summed E-state index contributed by atoms with van der Waals surface area (Å²) in [4.78, 5) is 6.40. The van der Waals surface area contributed by atoms with Crippen molar-refractivity contribution in [2.75, 3.05) is 20.2 Å². The standard InChI is InChI=1S/C13H20N2O/c1-15(9-12-4-2-7-14-8-12)10-13(11-16)5-3-6-13/h2,4,7-8,16H,3,5-6,9-11H2,1H3. The summed E-state index contributed by atoms with van der Waals surface area (Å²) >= 11 is 0. The van der Waals surface area contributed by atoms with Crippen LogP contribution in [0.1, 0.15) is 24.8 Å². The van der Waals surface area contributed by atoms with Crippen LogP contribution in [-0.2, 0) is 6.54 Å². The van der Waals surface area contributed by atoms with Crippen molar-refractivity contribution < 1.29 is 5.11 Å². The van der Waals surface area contributed by atoms with Gasteiger partial charge in [-0.1, -0.05) is 12.5 Å². The Bertz CT molecular complexity index is 316. The molecule has 0 aromatic carbocycles. The van der Waals surface area contributed by atoms with E-state index in [9.17, 15) is 5.11 Å². The van der Waals surface area contributed by atoms with Gasteiger partial charge in [-0.05, 0) is 31.5 Å². The van der Waals surface area contributed by atoms with Crippen molar-refractivity contribution in [3.8, 4) is 0 Å². The summed E-state index contributed by atoms with van der Waals surface area (Å²) in [6.45, 7) is 2.22. The highest BCUT2D eigenvalue weighted by Crippen LogP contribution is 2.40. The number of aliphatic hydroxyl groups excluding tert-OH is 1. The van der Waals surface area contributed by atoms with Gasteiger partial charge in [0.2, 0.25) is 0 Å². The fraction of sp³-hybridized carbons (Fsp3) is 0.615. The van der Waals surface area contributed by atoms with Crippen LogP contribution in [0.15, 0.2) is 24.5 Å². The molecule has 0 aliphatic heterocycles. The molecule has 0 saturated heterocycles. The molecule has 1 N–H and O–H groups in total. The van der Waals surface area contributed by atoms with Crippen LogP contribution in [0.4, 0.5) is 0 Å². The van der Waals surface area contributed by atoms with Crippen molar-refractivity contribution >= 4 is 0 Å². The normalized spacial score (nSPS) is 18.4. The molecular formula is C13H20N2O. The number of aliphatic hydroxyl groups is 1. The van der Waals surface area contributed by atoms with E-state index < -0.39 is 0 Å². The average molecular weight is 220 g/mol. The highest BCUT2D eigenvalue weighted by Gasteiger charge is 2.37. The third kappa shape index (κ3) is 2.60. The van der Waals surface area contributed by atoms with E-state index in [4.69, 9.17) is 0 Å². The van der Waals surface area contributed by atoms with Crippen molar-refractivity contribution in [3.63, 3.8) is 0 Å². The Hall–Kier alpha value is -0.930. The first-order chi connectivity index (χ1) is 7.74. The van der Waals surface area contributed by atoms with Crippen LogP contribution in [0.2, 0.25) is 0 Å². The van der Waals surface area contributed by atoms with Gasteiger partial charge in [-0.2, -0.15) is 0 Å². The molecule has 16 heavy (non-hydrogen) atoms. The predicted octanol–water partition coefficient (Wildman–Crippen LogP) is 1.68. The Morgan fingerprint density at radius 3 is 2.81 bits per heavy atom. The van der Waals surface area contributed by atoms with E-state index in [1.807, 2.05) is 12.3 Å². The van der Waals surface area contributed by atoms with E-state index in [1.54, 1.807) is 6.20 Å². The van der Waals surface area contributed by atoms with Crippen LogP contribution in [0.3, 0.4) is 0 Å². The maximum atomic E-state index is 9.41. The molecule has 1 aromatic heterocycles. The molecule has 0 radical (unpaired) electrons. The lowest BCUT2D eigenvalue weighted by Gasteiger charge is -2.43. The first-order valence-electron chi connectivity index (χ1n) is 5.92. The second-order valence-electron chi connectivity index (χ2n) is 5.05. The number of pyridine rings is 1. The molecule has 1 heterocycles. The Balaban J connectivity index is 1.87. The molecule has 1 aromatic rings. The molecule has 1 fully saturated rings. The van der Waals surface area contributed by atoms with Gasteiger partial charge in [-0.15, -0.1) is 0 Å². The van der Waals surface area contributed by atoms with Crippen molar-refractivity contribution in [2.45, 2.75) is 25.8 Å². The Morgan fingerprint density at radius 2 is 2.31 bits per heavy atom. The molecule has 0 amide bonds. The smallest absolute Gasteiger partial charge is 0.0499 e. The third-order valence-corrected chi connectivity index (χ3v) is 3.53. The van der Waals surface area contributed by atoms with E-state index >= 15 is 0 Å². The maximum absolute atomic E-state index is 9.41. The molecule has 3 heteroatoms. The number of aromatic nitrogens is 1. The average Bonchev–Trinajstić information content (AvgIpc) is 2.25. The summed E-state index contributed by atoms with van der Waals surface area (Å²) in [6.07, 6.45) is 7.30. The van der Waals surface area contributed by atoms with Crippen LogP contribution >= 0.6 is 0 Å². The Labute approximate surface area is 97.1 Å². The Morgan fingerprint density at radius 1 is 1.50 bits per heavy atom. The first kappa shape index (κ1) is 11.6. The summed E-state index contributed by atoms with van der Waals surface area (Å²) in [5.41, 5.74) is 1.41. The van der Waals surface area contributed by atoms with Crippen LogP contribution in [0.25, 0.3) is 0 Å². The lowest BCUT2D eigenvalue weighted by Crippen LogP contribution is -2.43. The highest BCUT2D eigenvalue weighted by atomic mass is 16.3. The molecular weight excluding hydrogens is 200 g/mol. The lowest BCUT2D eigenvalue weighted by atomic mass is 9.69. The second-order valence-corrected chi connectivity index (χ2v) is 5.05. The van der Waals surface area contributed by atoms with Crippen molar-refractivity contribution in [3.05, 3.63) is 30.1 Å². The molecule has 0 unspecified atom stereocenters. The second kappa shape index (κ2) is 4.93. The van der Waals surface area contributed by atoms with E-state index in [2.05, 4.69) is 23.0 Å². The van der Waals surface area contributed by atoms with Gasteiger partial charge in [0.25, 0.3) is 0 Å². The number of nitrogens with zero attached hydrogens (tertiary/aromatic N) is 2. The van der Waals surface area contributed by atoms with Gasteiger partial charge in [0, 0.05) is 37.5 Å². The number of hydrogen-bond donors (Lipinski definition) is 1. The summed E-state index contributed by atoms with van der Waals surface area (Å²) in [5, 5.41) is 9.41. The molecule has 3 nitrogen and oxygen atoms in total. The molecule has 0 bridgehead atoms. The zero-order valence-electron chi connectivity index (χ0n) is 9.89. The summed E-state index contributed by atoms with van der Waals surface area (Å²) in [6, 6.07) is 4.06. The molecule has 2 rings (SSSR count). The maximum Gasteiger partial charge on any atom is 0.0499 e. The Kier molecular flexibility index (Phi) is 3.56. The SMILES string of the molecule is CN(Cc1cccnc1)CC1(CO)CCC1. The minimum absolute atomic E-state index is 0.178. The fourth-order valence-electron chi connectivity index (χ4n) is 2.47. The lowest BCUT2D eigenvalue weighted by molar-refractivity contribution is 0.0127. The van der Waals surface area contributed by atoms with Gasteiger partial charge in [0.1, 0.15) is 0 Å². The van der Waals surface area contributed by atoms with E-state index in [-0.39, 0.29) is 5.41 Å². The fourth-order valence-corrected chi connectivity index (χ4v) is 2.47. The topological polar surface area (TPSA) is 36.4 Å². The van der Waals surface area contributed by atoms with Crippen LogP contribution in [-0.4, -0.2) is 35.2 Å². The van der Waals surface area contributed by atoms with E-state index in [0.29, 0.717) is 6.61 Å². The summed E-state index contributed by atoms with van der Waals surface area (Å²) in [5.74, 6) is 0. The summed E-state index contributed by atoms with van der Waals surface area (Å²) < 4.78 is 0. The third-order valence-electron chi connectivity index (χ3n) is 3.53. The van der Waals surface area contributed by atoms with Gasteiger partial charge in [-0.3, -0.25) is 4.98 Å². The van der Waals surface area contributed by atoms with Gasteiger partial charge >= 0.3 is 0 Å². The monoisotopic (exact) mass is 220 g/mol. The van der Waals surface area contributed by atoms with Crippen molar-refractivity contribution in [1.29, 1.82) is 0 Å². The molecule has 1 aliphatic rings. The van der Waals surface area contributed by atoms with E-state index in [0.717, 1.165) is 13.1 Å². The molecule has 88 valence electrons. The number of hydrogen-bond acceptors (Lipinski definition) is 3. The molecule has 1 saturated carbocycles. The zero-order chi connectivity index (χ0) is 11.4. The van der Waals surface area contributed by atoms with Crippen LogP contribution in [0.5, 0.6) is 0 Å². The predicted molar refractivity (Wildman–Crippen MR) is 63.9 cm³/mol. The molecule has 0 atom stereocenters. The molecule has 1 aliphatic carbocycles. The minimum atomic E-state index is 0.178. The van der Waals surface area contributed by atoms with Gasteiger partial charge in [0.05, 0.1) is 0 Å². The van der Waals surface area contributed by atoms with E-state index in [1.165, 1.54) is 24.8 Å². The van der Waals surface area contributed by atoms with Gasteiger partial charge in [0.15, 0.2) is 0 Å². The molecule has 0 spiro atoms. The van der Waals surface area contributed by atoms with Crippen LogP contribution in [0, 0.1) is 5.41 Å². The van der Waals surface area contributed by atoms with Crippen molar-refractivity contribution in [2.24, 2.45) is 5.41 Å². The van der Waals surface area contributed by atoms with Crippen LogP contribution < -0.4 is 0 Å². The minimum Gasteiger partial charge on any atom is -0.396 e. The van der Waals surface area contributed by atoms with Gasteiger partial charge < -0.3 is 10.0 Å². The highest BCUT2D eigenvalue weighted by molar-refractivity contribution is 5.08. The quantitative estimate of drug-likeness (QED) is 0.820. The van der Waals surface area contributed by atoms with Crippen molar-refractivity contribution in [1.82, 2.24) is 9.88 Å². The largest absolute Gasteiger partial charge is 0.396 e.